The van der Waals surface area contributed by atoms with Gasteiger partial charge in [0.15, 0.2) is 0 Å². The van der Waals surface area contributed by atoms with Gasteiger partial charge in [-0.1, -0.05) is 60.7 Å². The van der Waals surface area contributed by atoms with Gasteiger partial charge in [0, 0.05) is 22.8 Å². The first kappa shape index (κ1) is 16.6. The second-order valence-corrected chi connectivity index (χ2v) is 7.68. The standard InChI is InChI=1S/C23H27N/c1-17(2)24(23(3,4)5)22-16-9-8-14-21(22)20-15-10-12-18-11-6-7-13-19(18)20/h6-17H,1-5H3. The summed E-state index contributed by atoms with van der Waals surface area (Å²) in [6.07, 6.45) is 0. The summed E-state index contributed by atoms with van der Waals surface area (Å²) >= 11 is 0. The molecule has 1 heteroatoms. The van der Waals surface area contributed by atoms with Crippen molar-refractivity contribution in [2.75, 3.05) is 4.90 Å². The Morgan fingerprint density at radius 3 is 2.00 bits per heavy atom. The first-order chi connectivity index (χ1) is 11.4. The molecule has 0 aliphatic heterocycles. The monoisotopic (exact) mass is 317 g/mol. The fourth-order valence-corrected chi connectivity index (χ4v) is 3.79. The van der Waals surface area contributed by atoms with Crippen LogP contribution in [0.4, 0.5) is 5.69 Å². The lowest BCUT2D eigenvalue weighted by atomic mass is 9.94. The highest BCUT2D eigenvalue weighted by atomic mass is 15.2. The Kier molecular flexibility index (Phi) is 4.36. The molecular weight excluding hydrogens is 290 g/mol. The molecule has 0 bridgehead atoms. The highest BCUT2D eigenvalue weighted by molar-refractivity contribution is 5.99. The van der Waals surface area contributed by atoms with Crippen molar-refractivity contribution in [3.8, 4) is 11.1 Å². The van der Waals surface area contributed by atoms with Crippen molar-refractivity contribution in [3.63, 3.8) is 0 Å². The Morgan fingerprint density at radius 2 is 1.29 bits per heavy atom. The predicted octanol–water partition coefficient (Wildman–Crippen LogP) is 6.52. The van der Waals surface area contributed by atoms with Gasteiger partial charge < -0.3 is 4.90 Å². The number of anilines is 1. The number of hydrogen-bond donors (Lipinski definition) is 0. The van der Waals surface area contributed by atoms with Crippen LogP contribution in [0.5, 0.6) is 0 Å². The fourth-order valence-electron chi connectivity index (χ4n) is 3.79. The summed E-state index contributed by atoms with van der Waals surface area (Å²) in [7, 11) is 0. The molecule has 0 N–H and O–H groups in total. The van der Waals surface area contributed by atoms with Gasteiger partial charge in [-0.3, -0.25) is 0 Å². The van der Waals surface area contributed by atoms with E-state index in [0.29, 0.717) is 6.04 Å². The lowest BCUT2D eigenvalue weighted by Crippen LogP contribution is -2.46. The van der Waals surface area contributed by atoms with Crippen molar-refractivity contribution in [2.45, 2.75) is 46.2 Å². The largest absolute Gasteiger partial charge is 0.364 e. The second kappa shape index (κ2) is 6.32. The van der Waals surface area contributed by atoms with Crippen LogP contribution in [0.15, 0.2) is 66.7 Å². The number of para-hydroxylation sites is 1. The number of rotatable bonds is 3. The maximum Gasteiger partial charge on any atom is 0.0452 e. The first-order valence-corrected chi connectivity index (χ1v) is 8.76. The van der Waals surface area contributed by atoms with Gasteiger partial charge in [-0.05, 0) is 57.0 Å². The van der Waals surface area contributed by atoms with Gasteiger partial charge in [0.05, 0.1) is 0 Å². The van der Waals surface area contributed by atoms with Crippen molar-refractivity contribution in [2.24, 2.45) is 0 Å². The Balaban J connectivity index is 2.26. The average molecular weight is 317 g/mol. The summed E-state index contributed by atoms with van der Waals surface area (Å²) in [6, 6.07) is 24.4. The Hall–Kier alpha value is -2.28. The molecular formula is C23H27N. The van der Waals surface area contributed by atoms with Crippen LogP contribution in [0.1, 0.15) is 34.6 Å². The van der Waals surface area contributed by atoms with E-state index >= 15 is 0 Å². The van der Waals surface area contributed by atoms with E-state index < -0.39 is 0 Å². The highest BCUT2D eigenvalue weighted by Crippen LogP contribution is 2.38. The summed E-state index contributed by atoms with van der Waals surface area (Å²) in [5.74, 6) is 0. The third kappa shape index (κ3) is 3.03. The van der Waals surface area contributed by atoms with E-state index in [0.717, 1.165) is 0 Å². The van der Waals surface area contributed by atoms with Crippen LogP contribution in [-0.4, -0.2) is 11.6 Å². The first-order valence-electron chi connectivity index (χ1n) is 8.76. The van der Waals surface area contributed by atoms with E-state index in [4.69, 9.17) is 0 Å². The van der Waals surface area contributed by atoms with E-state index in [1.54, 1.807) is 0 Å². The third-order valence-corrected chi connectivity index (χ3v) is 4.48. The molecule has 0 atom stereocenters. The minimum absolute atomic E-state index is 0.0643. The molecule has 0 fully saturated rings. The van der Waals surface area contributed by atoms with Gasteiger partial charge in [-0.15, -0.1) is 0 Å². The Labute approximate surface area is 145 Å². The minimum atomic E-state index is 0.0643. The van der Waals surface area contributed by atoms with Crippen LogP contribution in [0.3, 0.4) is 0 Å². The fraction of sp³-hybridized carbons (Fsp3) is 0.304. The summed E-state index contributed by atoms with van der Waals surface area (Å²) in [6.45, 7) is 11.4. The molecule has 0 spiro atoms. The van der Waals surface area contributed by atoms with Gasteiger partial charge in [0.1, 0.15) is 0 Å². The molecule has 0 aliphatic carbocycles. The molecule has 1 nitrogen and oxygen atoms in total. The van der Waals surface area contributed by atoms with Crippen LogP contribution in [-0.2, 0) is 0 Å². The topological polar surface area (TPSA) is 3.24 Å². The molecule has 0 amide bonds. The SMILES string of the molecule is CC(C)N(c1ccccc1-c1cccc2ccccc12)C(C)(C)C. The molecule has 0 heterocycles. The lowest BCUT2D eigenvalue weighted by Gasteiger charge is -2.42. The quantitative estimate of drug-likeness (QED) is 0.531. The molecule has 0 aliphatic rings. The zero-order valence-electron chi connectivity index (χ0n) is 15.4. The van der Waals surface area contributed by atoms with E-state index in [2.05, 4.69) is 106 Å². The van der Waals surface area contributed by atoms with E-state index in [-0.39, 0.29) is 5.54 Å². The zero-order chi connectivity index (χ0) is 17.3. The van der Waals surface area contributed by atoms with Crippen LogP contribution in [0, 0.1) is 0 Å². The molecule has 0 saturated heterocycles. The van der Waals surface area contributed by atoms with Gasteiger partial charge >= 0.3 is 0 Å². The van der Waals surface area contributed by atoms with Gasteiger partial charge in [-0.2, -0.15) is 0 Å². The number of nitrogens with zero attached hydrogens (tertiary/aromatic N) is 1. The number of fused-ring (bicyclic) bond motifs is 1. The highest BCUT2D eigenvalue weighted by Gasteiger charge is 2.26. The predicted molar refractivity (Wildman–Crippen MR) is 107 cm³/mol. The van der Waals surface area contributed by atoms with Gasteiger partial charge in [0.2, 0.25) is 0 Å². The molecule has 0 unspecified atom stereocenters. The minimum Gasteiger partial charge on any atom is -0.364 e. The van der Waals surface area contributed by atoms with Crippen molar-refractivity contribution >= 4 is 16.5 Å². The molecule has 24 heavy (non-hydrogen) atoms. The average Bonchev–Trinajstić information content (AvgIpc) is 2.53. The second-order valence-electron chi connectivity index (χ2n) is 7.68. The summed E-state index contributed by atoms with van der Waals surface area (Å²) < 4.78 is 0. The normalized spacial score (nSPS) is 11.9. The molecule has 124 valence electrons. The zero-order valence-corrected chi connectivity index (χ0v) is 15.4. The van der Waals surface area contributed by atoms with E-state index in [9.17, 15) is 0 Å². The Bertz CT molecular complexity index is 835. The van der Waals surface area contributed by atoms with Crippen LogP contribution >= 0.6 is 0 Å². The maximum absolute atomic E-state index is 2.52. The molecule has 0 radical (unpaired) electrons. The summed E-state index contributed by atoms with van der Waals surface area (Å²) in [5.41, 5.74) is 3.97. The number of benzene rings is 3. The molecule has 3 aromatic carbocycles. The summed E-state index contributed by atoms with van der Waals surface area (Å²) in [5, 5.41) is 2.60. The van der Waals surface area contributed by atoms with Crippen LogP contribution in [0.25, 0.3) is 21.9 Å². The van der Waals surface area contributed by atoms with Crippen molar-refractivity contribution in [1.82, 2.24) is 0 Å². The van der Waals surface area contributed by atoms with Crippen LogP contribution in [0.2, 0.25) is 0 Å². The molecule has 0 aromatic heterocycles. The molecule has 3 aromatic rings. The molecule has 3 rings (SSSR count). The molecule has 0 saturated carbocycles. The van der Waals surface area contributed by atoms with Gasteiger partial charge in [-0.25, -0.2) is 0 Å². The van der Waals surface area contributed by atoms with Crippen molar-refractivity contribution in [3.05, 3.63) is 66.7 Å². The summed E-state index contributed by atoms with van der Waals surface area (Å²) in [4.78, 5) is 2.52. The van der Waals surface area contributed by atoms with Gasteiger partial charge in [0.25, 0.3) is 0 Å². The lowest BCUT2D eigenvalue weighted by molar-refractivity contribution is 0.466. The maximum atomic E-state index is 2.52. The smallest absolute Gasteiger partial charge is 0.0452 e. The van der Waals surface area contributed by atoms with Crippen molar-refractivity contribution in [1.29, 1.82) is 0 Å². The number of hydrogen-bond acceptors (Lipinski definition) is 1. The third-order valence-electron chi connectivity index (χ3n) is 4.48. The van der Waals surface area contributed by atoms with Crippen LogP contribution < -0.4 is 4.90 Å². The van der Waals surface area contributed by atoms with Crippen molar-refractivity contribution < 1.29 is 0 Å². The Morgan fingerprint density at radius 1 is 0.708 bits per heavy atom. The van der Waals surface area contributed by atoms with E-state index in [1.165, 1.54) is 27.6 Å². The van der Waals surface area contributed by atoms with E-state index in [1.807, 2.05) is 0 Å².